The second-order valence-corrected chi connectivity index (χ2v) is 8.49. The number of carbonyl (C=O) groups excluding carboxylic acids is 1. The van der Waals surface area contributed by atoms with Crippen LogP contribution in [0, 0.1) is 17.4 Å². The number of carbonyl (C=O) groups is 1. The van der Waals surface area contributed by atoms with Gasteiger partial charge in [0.1, 0.15) is 0 Å². The first-order chi connectivity index (χ1) is 13.8. The number of halogens is 1. The molecule has 9 heteroatoms. The van der Waals surface area contributed by atoms with Crippen LogP contribution in [0.1, 0.15) is 37.2 Å². The number of benzene rings is 1. The Bertz CT molecular complexity index is 872. The molecule has 1 aromatic carbocycles. The number of hydrogen-bond acceptors (Lipinski definition) is 7. The number of thioether (sulfide) groups is 1. The third-order valence-corrected chi connectivity index (χ3v) is 5.49. The summed E-state index contributed by atoms with van der Waals surface area (Å²) in [5.74, 6) is 1.30. The van der Waals surface area contributed by atoms with Crippen molar-refractivity contribution in [3.63, 3.8) is 0 Å². The molecule has 1 N–H and O–H groups in total. The van der Waals surface area contributed by atoms with Crippen LogP contribution in [0.2, 0.25) is 0 Å². The van der Waals surface area contributed by atoms with Gasteiger partial charge in [0.15, 0.2) is 16.7 Å². The monoisotopic (exact) mass is 528 g/mol. The number of hydrogen-bond donors (Lipinski definition) is 1. The highest BCUT2D eigenvalue weighted by Crippen LogP contribution is 2.34. The van der Waals surface area contributed by atoms with Crippen molar-refractivity contribution < 1.29 is 14.3 Å². The Morgan fingerprint density at radius 2 is 2.00 bits per heavy atom. The van der Waals surface area contributed by atoms with E-state index in [-0.39, 0.29) is 17.8 Å². The van der Waals surface area contributed by atoms with Crippen LogP contribution in [0.25, 0.3) is 0 Å². The minimum Gasteiger partial charge on any atom is -0.493 e. The number of rotatable bonds is 9. The molecule has 1 aromatic heterocycles. The maximum absolute atomic E-state index is 12.0. The molecule has 1 heterocycles. The Kier molecular flexibility index (Phi) is 9.15. The van der Waals surface area contributed by atoms with Gasteiger partial charge in [-0.15, -0.1) is 0 Å². The Balaban J connectivity index is 1.96. The van der Waals surface area contributed by atoms with Crippen LogP contribution in [-0.2, 0) is 4.79 Å². The molecule has 0 saturated carbocycles. The molecular weight excluding hydrogens is 503 g/mol. The lowest BCUT2D eigenvalue weighted by molar-refractivity contribution is -0.118. The number of nitrogens with one attached hydrogen (secondary N) is 1. The van der Waals surface area contributed by atoms with Gasteiger partial charge in [-0.25, -0.2) is 15.4 Å². The number of amides is 1. The van der Waals surface area contributed by atoms with Crippen molar-refractivity contribution in [1.82, 2.24) is 15.4 Å². The third-order valence-electron chi connectivity index (χ3n) is 3.84. The van der Waals surface area contributed by atoms with Crippen LogP contribution < -0.4 is 14.9 Å². The highest BCUT2D eigenvalue weighted by molar-refractivity contribution is 14.1. The van der Waals surface area contributed by atoms with Gasteiger partial charge in [-0.2, -0.15) is 5.10 Å². The predicted molar refractivity (Wildman–Crippen MR) is 124 cm³/mol. The molecule has 1 amide bonds. The van der Waals surface area contributed by atoms with Crippen molar-refractivity contribution in [2.24, 2.45) is 5.10 Å². The molecule has 0 fully saturated rings. The lowest BCUT2D eigenvalue weighted by atomic mass is 10.2. The van der Waals surface area contributed by atoms with Crippen LogP contribution in [-0.4, -0.2) is 41.1 Å². The minimum atomic E-state index is -0.229. The number of ether oxygens (including phenoxy) is 2. The van der Waals surface area contributed by atoms with Crippen molar-refractivity contribution in [2.75, 3.05) is 12.9 Å². The number of aromatic nitrogens is 2. The summed E-state index contributed by atoms with van der Waals surface area (Å²) in [5.41, 5.74) is 5.08. The SMILES string of the molecule is CC[C@@H](C)Oc1c(I)cc(/C=N\NC(=O)CSc2nc(C)cc(C)n2)cc1OC. The molecule has 0 unspecified atom stereocenters. The van der Waals surface area contributed by atoms with Crippen LogP contribution >= 0.6 is 34.4 Å². The van der Waals surface area contributed by atoms with Gasteiger partial charge in [-0.3, -0.25) is 4.79 Å². The summed E-state index contributed by atoms with van der Waals surface area (Å²) in [7, 11) is 1.60. The highest BCUT2D eigenvalue weighted by Gasteiger charge is 2.13. The number of hydrazone groups is 1. The summed E-state index contributed by atoms with van der Waals surface area (Å²) in [6, 6.07) is 5.64. The average Bonchev–Trinajstić information content (AvgIpc) is 2.67. The van der Waals surface area contributed by atoms with E-state index in [0.29, 0.717) is 16.7 Å². The topological polar surface area (TPSA) is 85.7 Å². The Hall–Kier alpha value is -1.88. The molecule has 0 spiro atoms. The Morgan fingerprint density at radius 3 is 2.62 bits per heavy atom. The molecule has 29 heavy (non-hydrogen) atoms. The van der Waals surface area contributed by atoms with Crippen molar-refractivity contribution in [3.05, 3.63) is 38.7 Å². The summed E-state index contributed by atoms with van der Waals surface area (Å²) >= 11 is 3.48. The molecule has 0 aliphatic rings. The van der Waals surface area contributed by atoms with E-state index in [1.54, 1.807) is 13.3 Å². The lowest BCUT2D eigenvalue weighted by Gasteiger charge is -2.17. The van der Waals surface area contributed by atoms with Gasteiger partial charge in [0, 0.05) is 11.4 Å². The second kappa shape index (κ2) is 11.3. The highest BCUT2D eigenvalue weighted by atomic mass is 127. The molecule has 0 aliphatic carbocycles. The Labute approximate surface area is 189 Å². The molecule has 0 bridgehead atoms. The second-order valence-electron chi connectivity index (χ2n) is 6.39. The summed E-state index contributed by atoms with van der Waals surface area (Å²) in [6.07, 6.45) is 2.57. The molecule has 0 radical (unpaired) electrons. The smallest absolute Gasteiger partial charge is 0.250 e. The van der Waals surface area contributed by atoms with Crippen molar-refractivity contribution in [2.45, 2.75) is 45.4 Å². The lowest BCUT2D eigenvalue weighted by Crippen LogP contribution is -2.20. The van der Waals surface area contributed by atoms with Gasteiger partial charge in [-0.1, -0.05) is 18.7 Å². The molecule has 0 aliphatic heterocycles. The molecule has 0 saturated heterocycles. The van der Waals surface area contributed by atoms with Gasteiger partial charge < -0.3 is 9.47 Å². The first kappa shape index (κ1) is 23.4. The van der Waals surface area contributed by atoms with Crippen LogP contribution in [0.5, 0.6) is 11.5 Å². The van der Waals surface area contributed by atoms with Gasteiger partial charge in [-0.05, 0) is 73.5 Å². The van der Waals surface area contributed by atoms with E-state index < -0.39 is 0 Å². The largest absolute Gasteiger partial charge is 0.493 e. The van der Waals surface area contributed by atoms with Gasteiger partial charge in [0.05, 0.1) is 28.8 Å². The quantitative estimate of drug-likeness (QED) is 0.173. The fourth-order valence-electron chi connectivity index (χ4n) is 2.31. The average molecular weight is 528 g/mol. The van der Waals surface area contributed by atoms with Crippen LogP contribution in [0.3, 0.4) is 0 Å². The van der Waals surface area contributed by atoms with E-state index in [2.05, 4.69) is 50.0 Å². The molecule has 2 aromatic rings. The van der Waals surface area contributed by atoms with Crippen LogP contribution in [0.4, 0.5) is 0 Å². The standard InChI is InChI=1S/C20H25IN4O3S/c1-6-14(4)28-19-16(21)8-15(9-17(19)27-5)10-22-25-18(26)11-29-20-23-12(2)7-13(3)24-20/h7-10,14H,6,11H2,1-5H3,(H,25,26)/b22-10-/t14-/m1/s1. The first-order valence-corrected chi connectivity index (χ1v) is 11.2. The summed E-state index contributed by atoms with van der Waals surface area (Å²) in [4.78, 5) is 20.6. The fraction of sp³-hybridized carbons (Fsp3) is 0.400. The van der Waals surface area contributed by atoms with E-state index in [1.807, 2.05) is 39.0 Å². The summed E-state index contributed by atoms with van der Waals surface area (Å²) in [5, 5.41) is 4.62. The van der Waals surface area contributed by atoms with E-state index in [0.717, 1.165) is 26.9 Å². The zero-order valence-corrected chi connectivity index (χ0v) is 20.1. The summed E-state index contributed by atoms with van der Waals surface area (Å²) in [6.45, 7) is 7.88. The van der Waals surface area contributed by atoms with Crippen molar-refractivity contribution >= 4 is 46.5 Å². The molecule has 1 atom stereocenters. The molecule has 156 valence electrons. The molecule has 2 rings (SSSR count). The third kappa shape index (κ3) is 7.46. The minimum absolute atomic E-state index is 0.0925. The van der Waals surface area contributed by atoms with Crippen molar-refractivity contribution in [1.29, 1.82) is 0 Å². The van der Waals surface area contributed by atoms with E-state index in [4.69, 9.17) is 9.47 Å². The van der Waals surface area contributed by atoms with Gasteiger partial charge in [0.2, 0.25) is 0 Å². The fourth-order valence-corrected chi connectivity index (χ4v) is 3.81. The number of aryl methyl sites for hydroxylation is 2. The van der Waals surface area contributed by atoms with E-state index in [1.165, 1.54) is 11.8 Å². The van der Waals surface area contributed by atoms with E-state index in [9.17, 15) is 4.79 Å². The predicted octanol–water partition coefficient (Wildman–Crippen LogP) is 4.13. The maximum atomic E-state index is 12.0. The maximum Gasteiger partial charge on any atom is 0.250 e. The van der Waals surface area contributed by atoms with Crippen LogP contribution in [0.15, 0.2) is 28.5 Å². The molecule has 7 nitrogen and oxygen atoms in total. The zero-order chi connectivity index (χ0) is 21.4. The number of methoxy groups -OCH3 is 1. The van der Waals surface area contributed by atoms with Crippen molar-refractivity contribution in [3.8, 4) is 11.5 Å². The normalized spacial score (nSPS) is 12.1. The zero-order valence-electron chi connectivity index (χ0n) is 17.2. The number of nitrogens with zero attached hydrogens (tertiary/aromatic N) is 3. The molecular formula is C20H25IN4O3S. The van der Waals surface area contributed by atoms with E-state index >= 15 is 0 Å². The Morgan fingerprint density at radius 1 is 1.31 bits per heavy atom. The summed E-state index contributed by atoms with van der Waals surface area (Å²) < 4.78 is 12.3. The van der Waals surface area contributed by atoms with Gasteiger partial charge in [0.25, 0.3) is 5.91 Å². The van der Waals surface area contributed by atoms with Gasteiger partial charge >= 0.3 is 0 Å². The first-order valence-electron chi connectivity index (χ1n) is 9.13.